The van der Waals surface area contributed by atoms with Crippen molar-refractivity contribution in [2.24, 2.45) is 0 Å². The molecule has 0 aliphatic rings. The van der Waals surface area contributed by atoms with E-state index in [1.54, 1.807) is 55.6 Å². The molecule has 35 heavy (non-hydrogen) atoms. The average molecular weight is 538 g/mol. The van der Waals surface area contributed by atoms with Crippen LogP contribution in [-0.2, 0) is 11.4 Å². The fourth-order valence-corrected chi connectivity index (χ4v) is 3.59. The van der Waals surface area contributed by atoms with Crippen LogP contribution in [0.15, 0.2) is 70.7 Å². The van der Waals surface area contributed by atoms with Crippen LogP contribution < -0.4 is 19.5 Å². The molecule has 3 aromatic carbocycles. The monoisotopic (exact) mass is 537 g/mol. The van der Waals surface area contributed by atoms with Gasteiger partial charge >= 0.3 is 0 Å². The number of carbonyl (C=O) groups is 1. The Morgan fingerprint density at radius 3 is 2.37 bits per heavy atom. The van der Waals surface area contributed by atoms with Crippen LogP contribution in [-0.4, -0.2) is 25.1 Å². The maximum atomic E-state index is 12.6. The zero-order chi connectivity index (χ0) is 25.4. The summed E-state index contributed by atoms with van der Waals surface area (Å²) in [7, 11) is 3.01. The van der Waals surface area contributed by atoms with Crippen LogP contribution in [0.3, 0.4) is 0 Å². The number of nitriles is 1. The fraction of sp³-hybridized carbons (Fsp3) is 0.120. The Morgan fingerprint density at radius 1 is 1.11 bits per heavy atom. The van der Waals surface area contributed by atoms with Gasteiger partial charge in [0.15, 0.2) is 11.5 Å². The lowest BCUT2D eigenvalue weighted by molar-refractivity contribution is -0.384. The van der Waals surface area contributed by atoms with Gasteiger partial charge in [-0.05, 0) is 81.7 Å². The standard InChI is InChI=1S/C25H20BrN3O6/c1-33-21-9-5-19(6-10-21)28-25(30)18(14-27)11-17-12-22(26)24(23(13-17)34-2)35-15-16-3-7-20(8-4-16)29(31)32/h3-13H,15H2,1-2H3,(H,28,30)/b18-11-. The minimum Gasteiger partial charge on any atom is -0.497 e. The van der Waals surface area contributed by atoms with E-state index in [4.69, 9.17) is 14.2 Å². The molecule has 9 nitrogen and oxygen atoms in total. The zero-order valence-corrected chi connectivity index (χ0v) is 20.4. The molecular weight excluding hydrogens is 518 g/mol. The van der Waals surface area contributed by atoms with Crippen LogP contribution in [0.2, 0.25) is 0 Å². The molecule has 0 aromatic heterocycles. The smallest absolute Gasteiger partial charge is 0.269 e. The van der Waals surface area contributed by atoms with Gasteiger partial charge < -0.3 is 19.5 Å². The van der Waals surface area contributed by atoms with Gasteiger partial charge in [0.05, 0.1) is 23.6 Å². The van der Waals surface area contributed by atoms with Crippen molar-refractivity contribution in [1.29, 1.82) is 5.26 Å². The van der Waals surface area contributed by atoms with Crippen molar-refractivity contribution in [2.45, 2.75) is 6.61 Å². The van der Waals surface area contributed by atoms with Crippen LogP contribution >= 0.6 is 15.9 Å². The molecule has 3 rings (SSSR count). The summed E-state index contributed by atoms with van der Waals surface area (Å²) in [6.45, 7) is 0.149. The van der Waals surface area contributed by atoms with Crippen molar-refractivity contribution < 1.29 is 23.9 Å². The number of halogens is 1. The summed E-state index contributed by atoms with van der Waals surface area (Å²) >= 11 is 3.44. The second-order valence-electron chi connectivity index (χ2n) is 7.10. The number of methoxy groups -OCH3 is 2. The minimum absolute atomic E-state index is 0.00650. The molecule has 0 atom stereocenters. The molecule has 0 aliphatic carbocycles. The van der Waals surface area contributed by atoms with E-state index in [0.29, 0.717) is 33.0 Å². The number of hydrogen-bond donors (Lipinski definition) is 1. The average Bonchev–Trinajstić information content (AvgIpc) is 2.86. The third-order valence-corrected chi connectivity index (χ3v) is 5.40. The first-order valence-electron chi connectivity index (χ1n) is 10.2. The highest BCUT2D eigenvalue weighted by molar-refractivity contribution is 9.10. The van der Waals surface area contributed by atoms with E-state index in [2.05, 4.69) is 21.2 Å². The van der Waals surface area contributed by atoms with Crippen molar-refractivity contribution in [2.75, 3.05) is 19.5 Å². The summed E-state index contributed by atoms with van der Waals surface area (Å²) in [5, 5.41) is 23.0. The van der Waals surface area contributed by atoms with Gasteiger partial charge in [-0.1, -0.05) is 0 Å². The van der Waals surface area contributed by atoms with E-state index >= 15 is 0 Å². The summed E-state index contributed by atoms with van der Waals surface area (Å²) in [5.41, 5.74) is 1.68. The first-order chi connectivity index (χ1) is 16.8. The van der Waals surface area contributed by atoms with Gasteiger partial charge in [0.1, 0.15) is 24.0 Å². The first-order valence-corrected chi connectivity index (χ1v) is 10.9. The van der Waals surface area contributed by atoms with E-state index in [-0.39, 0.29) is 17.9 Å². The van der Waals surface area contributed by atoms with Crippen LogP contribution in [0.4, 0.5) is 11.4 Å². The number of amides is 1. The number of rotatable bonds is 9. The van der Waals surface area contributed by atoms with Gasteiger partial charge in [-0.15, -0.1) is 0 Å². The Balaban J connectivity index is 1.77. The maximum absolute atomic E-state index is 12.6. The normalized spacial score (nSPS) is 10.7. The Hall–Kier alpha value is -4.36. The quantitative estimate of drug-likeness (QED) is 0.165. The number of nitrogens with zero attached hydrogens (tertiary/aromatic N) is 2. The van der Waals surface area contributed by atoms with Crippen molar-refractivity contribution >= 4 is 39.3 Å². The Morgan fingerprint density at radius 2 is 1.80 bits per heavy atom. The molecule has 0 saturated carbocycles. The number of nitro benzene ring substituents is 1. The zero-order valence-electron chi connectivity index (χ0n) is 18.8. The summed E-state index contributed by atoms with van der Waals surface area (Å²) in [6.07, 6.45) is 1.44. The number of nitrogens with one attached hydrogen (secondary N) is 1. The first kappa shape index (κ1) is 25.3. The number of anilines is 1. The Bertz CT molecular complexity index is 1300. The number of benzene rings is 3. The lowest BCUT2D eigenvalue weighted by atomic mass is 10.1. The number of ether oxygens (including phenoxy) is 3. The molecule has 1 amide bonds. The Labute approximate surface area is 209 Å². The van der Waals surface area contributed by atoms with E-state index < -0.39 is 10.8 Å². The van der Waals surface area contributed by atoms with Crippen LogP contribution in [0.1, 0.15) is 11.1 Å². The second kappa shape index (κ2) is 11.7. The van der Waals surface area contributed by atoms with E-state index in [1.807, 2.05) is 6.07 Å². The number of non-ortho nitro benzene ring substituents is 1. The lowest BCUT2D eigenvalue weighted by Crippen LogP contribution is -2.13. The van der Waals surface area contributed by atoms with E-state index in [0.717, 1.165) is 5.56 Å². The third-order valence-electron chi connectivity index (χ3n) is 4.81. The Kier molecular flexibility index (Phi) is 8.43. The second-order valence-corrected chi connectivity index (χ2v) is 7.95. The van der Waals surface area contributed by atoms with Gasteiger partial charge in [0.25, 0.3) is 11.6 Å². The molecule has 0 unspecified atom stereocenters. The predicted molar refractivity (Wildman–Crippen MR) is 133 cm³/mol. The highest BCUT2D eigenvalue weighted by atomic mass is 79.9. The molecule has 1 N–H and O–H groups in total. The van der Waals surface area contributed by atoms with Crippen LogP contribution in [0.5, 0.6) is 17.2 Å². The van der Waals surface area contributed by atoms with Crippen molar-refractivity contribution in [3.05, 3.63) is 92.0 Å². The molecule has 0 heterocycles. The van der Waals surface area contributed by atoms with Gasteiger partial charge in [-0.2, -0.15) is 5.26 Å². The van der Waals surface area contributed by atoms with Crippen molar-refractivity contribution in [3.63, 3.8) is 0 Å². The van der Waals surface area contributed by atoms with Crippen molar-refractivity contribution in [3.8, 4) is 23.3 Å². The maximum Gasteiger partial charge on any atom is 0.269 e. The van der Waals surface area contributed by atoms with Crippen LogP contribution in [0.25, 0.3) is 6.08 Å². The number of carbonyl (C=O) groups excluding carboxylic acids is 1. The molecular formula is C25H20BrN3O6. The molecule has 3 aromatic rings. The summed E-state index contributed by atoms with van der Waals surface area (Å²) in [4.78, 5) is 22.9. The molecule has 178 valence electrons. The highest BCUT2D eigenvalue weighted by Crippen LogP contribution is 2.38. The third kappa shape index (κ3) is 6.59. The van der Waals surface area contributed by atoms with Gasteiger partial charge in [0, 0.05) is 17.8 Å². The molecule has 10 heteroatoms. The summed E-state index contributed by atoms with van der Waals surface area (Å²) in [6, 6.07) is 18.0. The number of hydrogen-bond acceptors (Lipinski definition) is 7. The number of nitro groups is 1. The summed E-state index contributed by atoms with van der Waals surface area (Å²) in [5.74, 6) is 0.864. The lowest BCUT2D eigenvalue weighted by Gasteiger charge is -2.14. The largest absolute Gasteiger partial charge is 0.497 e. The molecule has 0 bridgehead atoms. The minimum atomic E-state index is -0.564. The summed E-state index contributed by atoms with van der Waals surface area (Å²) < 4.78 is 16.9. The van der Waals surface area contributed by atoms with Crippen LogP contribution in [0, 0.1) is 21.4 Å². The molecule has 0 saturated heterocycles. The predicted octanol–water partition coefficient (Wildman–Crippen LogP) is 5.50. The fourth-order valence-electron chi connectivity index (χ4n) is 3.02. The topological polar surface area (TPSA) is 124 Å². The van der Waals surface area contributed by atoms with E-state index in [9.17, 15) is 20.2 Å². The van der Waals surface area contributed by atoms with Gasteiger partial charge in [-0.25, -0.2) is 0 Å². The van der Waals surface area contributed by atoms with Gasteiger partial charge in [0.2, 0.25) is 0 Å². The molecule has 0 spiro atoms. The van der Waals surface area contributed by atoms with E-state index in [1.165, 1.54) is 25.3 Å². The van der Waals surface area contributed by atoms with Gasteiger partial charge in [-0.3, -0.25) is 14.9 Å². The molecule has 0 aliphatic heterocycles. The van der Waals surface area contributed by atoms with Crippen molar-refractivity contribution in [1.82, 2.24) is 0 Å². The molecule has 0 radical (unpaired) electrons. The highest BCUT2D eigenvalue weighted by Gasteiger charge is 2.15. The molecule has 0 fully saturated rings. The SMILES string of the molecule is COc1ccc(NC(=O)/C(C#N)=C\c2cc(Br)c(OCc3ccc([N+](=O)[O-])cc3)c(OC)c2)cc1.